The van der Waals surface area contributed by atoms with Crippen LogP contribution in [0.3, 0.4) is 0 Å². The molecule has 0 N–H and O–H groups in total. The molecular formula is C21H25NO5S. The summed E-state index contributed by atoms with van der Waals surface area (Å²) in [7, 11) is -3.57. The number of ether oxygens (including phenoxy) is 2. The Balaban J connectivity index is 1.59. The SMILES string of the molecule is C[C@H](CC(=O)OCc1cccc(S(=O)(=O)N2CCOCC2)c1)c1ccccc1. The van der Waals surface area contributed by atoms with Gasteiger partial charge in [-0.05, 0) is 29.2 Å². The Morgan fingerprint density at radius 1 is 1.11 bits per heavy atom. The molecule has 1 atom stereocenters. The van der Waals surface area contributed by atoms with Gasteiger partial charge in [-0.1, -0.05) is 49.4 Å². The van der Waals surface area contributed by atoms with Crippen LogP contribution in [0, 0.1) is 0 Å². The first-order valence-electron chi connectivity index (χ1n) is 9.34. The Labute approximate surface area is 166 Å². The first-order valence-corrected chi connectivity index (χ1v) is 10.8. The molecule has 0 bridgehead atoms. The van der Waals surface area contributed by atoms with Crippen LogP contribution in [-0.4, -0.2) is 45.0 Å². The van der Waals surface area contributed by atoms with E-state index in [0.29, 0.717) is 31.9 Å². The highest BCUT2D eigenvalue weighted by Crippen LogP contribution is 2.21. The van der Waals surface area contributed by atoms with Gasteiger partial charge in [-0.25, -0.2) is 8.42 Å². The van der Waals surface area contributed by atoms with E-state index in [0.717, 1.165) is 5.56 Å². The summed E-state index contributed by atoms with van der Waals surface area (Å²) >= 11 is 0. The van der Waals surface area contributed by atoms with Crippen molar-refractivity contribution in [1.29, 1.82) is 0 Å². The highest BCUT2D eigenvalue weighted by atomic mass is 32.2. The molecule has 1 saturated heterocycles. The molecule has 7 heteroatoms. The largest absolute Gasteiger partial charge is 0.461 e. The monoisotopic (exact) mass is 403 g/mol. The molecule has 0 radical (unpaired) electrons. The third-order valence-corrected chi connectivity index (χ3v) is 6.64. The molecule has 6 nitrogen and oxygen atoms in total. The number of carbonyl (C=O) groups excluding carboxylic acids is 1. The molecule has 28 heavy (non-hydrogen) atoms. The summed E-state index contributed by atoms with van der Waals surface area (Å²) in [6.07, 6.45) is 0.274. The first-order chi connectivity index (χ1) is 13.5. The molecule has 2 aromatic carbocycles. The van der Waals surface area contributed by atoms with Crippen LogP contribution in [0.15, 0.2) is 59.5 Å². The topological polar surface area (TPSA) is 72.9 Å². The maximum Gasteiger partial charge on any atom is 0.306 e. The predicted molar refractivity (Wildman–Crippen MR) is 105 cm³/mol. The van der Waals surface area contributed by atoms with E-state index in [2.05, 4.69) is 0 Å². The average Bonchev–Trinajstić information content (AvgIpc) is 2.74. The summed E-state index contributed by atoms with van der Waals surface area (Å²) in [6.45, 7) is 3.52. The van der Waals surface area contributed by atoms with Gasteiger partial charge in [0.2, 0.25) is 10.0 Å². The summed E-state index contributed by atoms with van der Waals surface area (Å²) in [5, 5.41) is 0. The van der Waals surface area contributed by atoms with Crippen molar-refractivity contribution in [3.8, 4) is 0 Å². The molecule has 1 heterocycles. The molecule has 0 unspecified atom stereocenters. The minimum Gasteiger partial charge on any atom is -0.461 e. The summed E-state index contributed by atoms with van der Waals surface area (Å²) in [5.41, 5.74) is 1.73. The van der Waals surface area contributed by atoms with Crippen molar-refractivity contribution in [2.75, 3.05) is 26.3 Å². The van der Waals surface area contributed by atoms with Gasteiger partial charge < -0.3 is 9.47 Å². The molecule has 1 aliphatic rings. The van der Waals surface area contributed by atoms with Gasteiger partial charge in [0.15, 0.2) is 0 Å². The Kier molecular flexibility index (Phi) is 6.83. The van der Waals surface area contributed by atoms with Gasteiger partial charge >= 0.3 is 5.97 Å². The van der Waals surface area contributed by atoms with Crippen molar-refractivity contribution in [2.45, 2.75) is 30.8 Å². The van der Waals surface area contributed by atoms with E-state index in [1.165, 1.54) is 4.31 Å². The van der Waals surface area contributed by atoms with Crippen LogP contribution in [0.25, 0.3) is 0 Å². The molecule has 0 spiro atoms. The highest BCUT2D eigenvalue weighted by Gasteiger charge is 2.26. The number of hydrogen-bond acceptors (Lipinski definition) is 5. The minimum absolute atomic E-state index is 0.0484. The van der Waals surface area contributed by atoms with Crippen molar-refractivity contribution in [2.24, 2.45) is 0 Å². The second-order valence-corrected chi connectivity index (χ2v) is 8.78. The van der Waals surface area contributed by atoms with Crippen molar-refractivity contribution in [1.82, 2.24) is 4.31 Å². The molecule has 3 rings (SSSR count). The van der Waals surface area contributed by atoms with Crippen LogP contribution in [0.1, 0.15) is 30.4 Å². The molecule has 0 amide bonds. The standard InChI is InChI=1S/C21H25NO5S/c1-17(19-7-3-2-4-8-19)14-21(23)27-16-18-6-5-9-20(15-18)28(24,25)22-10-12-26-13-11-22/h2-9,15,17H,10-14,16H2,1H3/t17-/m1/s1. The van der Waals surface area contributed by atoms with Gasteiger partial charge in [-0.15, -0.1) is 0 Å². The van der Waals surface area contributed by atoms with Gasteiger partial charge in [0, 0.05) is 13.1 Å². The van der Waals surface area contributed by atoms with Crippen LogP contribution in [0.2, 0.25) is 0 Å². The second-order valence-electron chi connectivity index (χ2n) is 6.84. The predicted octanol–water partition coefficient (Wildman–Crippen LogP) is 2.94. The lowest BCUT2D eigenvalue weighted by Gasteiger charge is -2.26. The Morgan fingerprint density at radius 3 is 2.54 bits per heavy atom. The number of rotatable bonds is 7. The number of morpholine rings is 1. The normalized spacial score (nSPS) is 16.5. The number of carbonyl (C=O) groups is 1. The fourth-order valence-electron chi connectivity index (χ4n) is 3.10. The van der Waals surface area contributed by atoms with E-state index in [1.807, 2.05) is 37.3 Å². The molecule has 0 aromatic heterocycles. The summed E-state index contributed by atoms with van der Waals surface area (Å²) < 4.78 is 37.5. The maximum absolute atomic E-state index is 12.7. The summed E-state index contributed by atoms with van der Waals surface area (Å²) in [4.78, 5) is 12.4. The molecule has 2 aromatic rings. The number of hydrogen-bond donors (Lipinski definition) is 0. The smallest absolute Gasteiger partial charge is 0.306 e. The number of sulfonamides is 1. The summed E-state index contributed by atoms with van der Waals surface area (Å²) in [6, 6.07) is 16.3. The van der Waals surface area contributed by atoms with Crippen LogP contribution >= 0.6 is 0 Å². The van der Waals surface area contributed by atoms with Crippen LogP contribution < -0.4 is 0 Å². The third-order valence-electron chi connectivity index (χ3n) is 4.75. The fourth-order valence-corrected chi connectivity index (χ4v) is 4.58. The minimum atomic E-state index is -3.57. The zero-order valence-electron chi connectivity index (χ0n) is 15.9. The lowest BCUT2D eigenvalue weighted by molar-refractivity contribution is -0.145. The van der Waals surface area contributed by atoms with Crippen molar-refractivity contribution in [3.05, 3.63) is 65.7 Å². The lowest BCUT2D eigenvalue weighted by atomic mass is 9.98. The summed E-state index contributed by atoms with van der Waals surface area (Å²) in [5.74, 6) is -0.250. The van der Waals surface area contributed by atoms with Gasteiger partial charge in [0.1, 0.15) is 6.61 Å². The van der Waals surface area contributed by atoms with Crippen LogP contribution in [-0.2, 0) is 30.9 Å². The molecule has 1 fully saturated rings. The van der Waals surface area contributed by atoms with Gasteiger partial charge in [-0.2, -0.15) is 4.31 Å². The highest BCUT2D eigenvalue weighted by molar-refractivity contribution is 7.89. The van der Waals surface area contributed by atoms with Crippen LogP contribution in [0.4, 0.5) is 0 Å². The van der Waals surface area contributed by atoms with E-state index in [-0.39, 0.29) is 29.8 Å². The molecule has 0 saturated carbocycles. The second kappa shape index (κ2) is 9.32. The van der Waals surface area contributed by atoms with Crippen molar-refractivity contribution >= 4 is 16.0 Å². The quantitative estimate of drug-likeness (QED) is 0.665. The van der Waals surface area contributed by atoms with E-state index in [4.69, 9.17) is 9.47 Å². The zero-order chi connectivity index (χ0) is 20.0. The molecule has 150 valence electrons. The van der Waals surface area contributed by atoms with Gasteiger partial charge in [-0.3, -0.25) is 4.79 Å². The maximum atomic E-state index is 12.7. The lowest BCUT2D eigenvalue weighted by Crippen LogP contribution is -2.40. The Hall–Kier alpha value is -2.22. The molecule has 1 aliphatic heterocycles. The van der Waals surface area contributed by atoms with Crippen LogP contribution in [0.5, 0.6) is 0 Å². The number of esters is 1. The first kappa shape index (κ1) is 20.5. The van der Waals surface area contributed by atoms with Gasteiger partial charge in [0.05, 0.1) is 24.5 Å². The van der Waals surface area contributed by atoms with E-state index in [9.17, 15) is 13.2 Å². The Bertz CT molecular complexity index is 892. The fraction of sp³-hybridized carbons (Fsp3) is 0.381. The molecular weight excluding hydrogens is 378 g/mol. The van der Waals surface area contributed by atoms with E-state index >= 15 is 0 Å². The third kappa shape index (κ3) is 5.19. The molecule has 0 aliphatic carbocycles. The van der Waals surface area contributed by atoms with Crippen molar-refractivity contribution < 1.29 is 22.7 Å². The number of benzene rings is 2. The average molecular weight is 404 g/mol. The number of nitrogens with zero attached hydrogens (tertiary/aromatic N) is 1. The zero-order valence-corrected chi connectivity index (χ0v) is 16.7. The Morgan fingerprint density at radius 2 is 1.82 bits per heavy atom. The van der Waals surface area contributed by atoms with E-state index < -0.39 is 10.0 Å². The van der Waals surface area contributed by atoms with Crippen molar-refractivity contribution in [3.63, 3.8) is 0 Å². The van der Waals surface area contributed by atoms with E-state index in [1.54, 1.807) is 24.3 Å². The van der Waals surface area contributed by atoms with Gasteiger partial charge in [0.25, 0.3) is 0 Å².